The number of aryl methyl sites for hydroxylation is 1. The van der Waals surface area contributed by atoms with Crippen LogP contribution in [0.25, 0.3) is 0 Å². The van der Waals surface area contributed by atoms with Crippen LogP contribution in [0, 0.1) is 6.92 Å². The molecule has 10 heteroatoms. The summed E-state index contributed by atoms with van der Waals surface area (Å²) in [5.41, 5.74) is 10.5. The first-order chi connectivity index (χ1) is 17.1. The van der Waals surface area contributed by atoms with E-state index in [1.54, 1.807) is 26.2 Å². The highest BCUT2D eigenvalue weighted by molar-refractivity contribution is 7.99. The van der Waals surface area contributed by atoms with Gasteiger partial charge >= 0.3 is 0 Å². The molecule has 1 atom stereocenters. The number of carbonyl (C=O) groups excluding carboxylic acids is 1. The van der Waals surface area contributed by atoms with Crippen LogP contribution in [0.3, 0.4) is 0 Å². The summed E-state index contributed by atoms with van der Waals surface area (Å²) in [6.07, 6.45) is 2.85. The third kappa shape index (κ3) is 8.29. The van der Waals surface area contributed by atoms with Crippen LogP contribution in [0.5, 0.6) is 5.75 Å². The number of carbonyl (C=O) groups is 1. The average Bonchev–Trinajstić information content (AvgIpc) is 2.77. The Kier molecular flexibility index (Phi) is 9.90. The summed E-state index contributed by atoms with van der Waals surface area (Å²) >= 11 is 1.44. The van der Waals surface area contributed by atoms with E-state index in [0.29, 0.717) is 28.4 Å². The summed E-state index contributed by atoms with van der Waals surface area (Å²) in [4.78, 5) is 13.3. The van der Waals surface area contributed by atoms with E-state index in [-0.39, 0.29) is 11.3 Å². The number of ether oxygens (including phenoxy) is 2. The number of nitrogens with one attached hydrogen (secondary N) is 2. The van der Waals surface area contributed by atoms with Gasteiger partial charge in [0.15, 0.2) is 11.5 Å². The van der Waals surface area contributed by atoms with Crippen molar-refractivity contribution in [1.29, 1.82) is 0 Å². The Morgan fingerprint density at radius 3 is 2.32 bits per heavy atom. The molecule has 0 aliphatic heterocycles. The van der Waals surface area contributed by atoms with Crippen molar-refractivity contribution in [3.05, 3.63) is 58.9 Å². The highest BCUT2D eigenvalue weighted by Crippen LogP contribution is 2.39. The van der Waals surface area contributed by atoms with Crippen LogP contribution < -0.4 is 31.4 Å². The van der Waals surface area contributed by atoms with Crippen molar-refractivity contribution in [2.75, 3.05) is 28.4 Å². The number of aliphatic hydroxyl groups is 1. The molecule has 0 aromatic heterocycles. The molecule has 1 unspecified atom stereocenters. The van der Waals surface area contributed by atoms with Crippen molar-refractivity contribution in [1.82, 2.24) is 0 Å². The predicted octanol–water partition coefficient (Wildman–Crippen LogP) is 4.86. The molecule has 0 heterocycles. The van der Waals surface area contributed by atoms with Crippen LogP contribution in [0.15, 0.2) is 42.2 Å². The standard InChI is InChI=1S/C27H41N5O4S/c1-16-10-11-18(12-23(16)32(29)15-20(28)17(2)36-27(6,7)34)25(33)30-21-13-19(26(3,4)5)14-22(31-37-9)24(21)35-8/h10-15,17,31,34H,28-29H2,1-9H3,(H,30,33)/b20-15-. The Morgan fingerprint density at radius 1 is 1.16 bits per heavy atom. The largest absolute Gasteiger partial charge is 0.492 e. The Morgan fingerprint density at radius 2 is 1.78 bits per heavy atom. The second kappa shape index (κ2) is 12.1. The molecule has 2 aromatic rings. The highest BCUT2D eigenvalue weighted by Gasteiger charge is 2.22. The summed E-state index contributed by atoms with van der Waals surface area (Å²) in [6.45, 7) is 13.0. The van der Waals surface area contributed by atoms with Gasteiger partial charge in [-0.3, -0.25) is 9.80 Å². The van der Waals surface area contributed by atoms with E-state index in [4.69, 9.17) is 21.1 Å². The summed E-state index contributed by atoms with van der Waals surface area (Å²) < 4.78 is 14.4. The second-order valence-corrected chi connectivity index (χ2v) is 11.0. The minimum Gasteiger partial charge on any atom is -0.492 e. The van der Waals surface area contributed by atoms with Gasteiger partial charge in [0.2, 0.25) is 0 Å². The van der Waals surface area contributed by atoms with Crippen LogP contribution in [0.2, 0.25) is 0 Å². The van der Waals surface area contributed by atoms with Gasteiger partial charge < -0.3 is 30.4 Å². The maximum absolute atomic E-state index is 13.3. The van der Waals surface area contributed by atoms with Crippen molar-refractivity contribution in [2.24, 2.45) is 11.6 Å². The Balaban J connectivity index is 2.40. The van der Waals surface area contributed by atoms with E-state index in [1.807, 2.05) is 31.4 Å². The van der Waals surface area contributed by atoms with Gasteiger partial charge in [0.25, 0.3) is 5.91 Å². The molecule has 0 fully saturated rings. The number of hydrogen-bond acceptors (Lipinski definition) is 9. The molecule has 9 nitrogen and oxygen atoms in total. The lowest BCUT2D eigenvalue weighted by Crippen LogP contribution is -2.34. The molecule has 2 aromatic carbocycles. The monoisotopic (exact) mass is 531 g/mol. The lowest BCUT2D eigenvalue weighted by atomic mass is 9.86. The van der Waals surface area contributed by atoms with Gasteiger partial charge in [-0.25, -0.2) is 5.84 Å². The Bertz CT molecular complexity index is 1140. The SMILES string of the molecule is COc1c(NSC)cc(C(C)(C)C)cc1NC(=O)c1ccc(C)c(N(N)/C=C(\N)C(C)OC(C)(C)O)c1. The van der Waals surface area contributed by atoms with E-state index in [1.165, 1.54) is 37.0 Å². The predicted molar refractivity (Wildman–Crippen MR) is 154 cm³/mol. The van der Waals surface area contributed by atoms with Crippen LogP contribution in [-0.2, 0) is 10.2 Å². The van der Waals surface area contributed by atoms with E-state index >= 15 is 0 Å². The molecule has 1 amide bonds. The first-order valence-electron chi connectivity index (χ1n) is 11.9. The number of anilines is 3. The first kappa shape index (κ1) is 30.3. The van der Waals surface area contributed by atoms with Crippen LogP contribution in [0.4, 0.5) is 17.1 Å². The smallest absolute Gasteiger partial charge is 0.255 e. The summed E-state index contributed by atoms with van der Waals surface area (Å²) in [7, 11) is 1.57. The molecule has 2 rings (SSSR count). The summed E-state index contributed by atoms with van der Waals surface area (Å²) in [5.74, 6) is 5.16. The molecule has 0 spiro atoms. The maximum Gasteiger partial charge on any atom is 0.255 e. The Hall–Kier alpha value is -2.92. The van der Waals surface area contributed by atoms with Gasteiger partial charge in [-0.2, -0.15) is 0 Å². The zero-order valence-corrected chi connectivity index (χ0v) is 24.0. The van der Waals surface area contributed by atoms with Crippen molar-refractivity contribution in [3.63, 3.8) is 0 Å². The van der Waals surface area contributed by atoms with Gasteiger partial charge in [-0.05, 0) is 68.5 Å². The quantitative estimate of drug-likeness (QED) is 0.126. The molecule has 7 N–H and O–H groups in total. The molecule has 0 radical (unpaired) electrons. The fourth-order valence-corrected chi connectivity index (χ4v) is 3.99. The van der Waals surface area contributed by atoms with Gasteiger partial charge in [0.1, 0.15) is 0 Å². The molecular weight excluding hydrogens is 490 g/mol. The van der Waals surface area contributed by atoms with Crippen molar-refractivity contribution in [3.8, 4) is 5.75 Å². The molecule has 0 aliphatic carbocycles. The minimum absolute atomic E-state index is 0.143. The third-order valence-corrected chi connectivity index (χ3v) is 6.02. The van der Waals surface area contributed by atoms with Crippen molar-refractivity contribution >= 4 is 34.9 Å². The number of hydrogen-bond donors (Lipinski definition) is 5. The molecule has 0 saturated heterocycles. The number of rotatable bonds is 10. The number of nitrogens with zero attached hydrogens (tertiary/aromatic N) is 1. The second-order valence-electron chi connectivity index (χ2n) is 10.4. The fraction of sp³-hybridized carbons (Fsp3) is 0.444. The van der Waals surface area contributed by atoms with E-state index in [9.17, 15) is 9.90 Å². The van der Waals surface area contributed by atoms with E-state index < -0.39 is 11.9 Å². The van der Waals surface area contributed by atoms with Crippen LogP contribution in [0.1, 0.15) is 63.0 Å². The number of nitrogens with two attached hydrogens (primary N) is 2. The van der Waals surface area contributed by atoms with Crippen LogP contribution in [-0.4, -0.2) is 36.3 Å². The number of hydrazine groups is 1. The molecular formula is C27H41N5O4S. The van der Waals surface area contributed by atoms with Crippen LogP contribution >= 0.6 is 11.9 Å². The van der Waals surface area contributed by atoms with Crippen molar-refractivity contribution < 1.29 is 19.4 Å². The first-order valence-corrected chi connectivity index (χ1v) is 13.1. The topological polar surface area (TPSA) is 135 Å². The summed E-state index contributed by atoms with van der Waals surface area (Å²) in [5, 5.41) is 14.2. The number of benzene rings is 2. The fourth-order valence-electron chi connectivity index (χ4n) is 3.62. The van der Waals surface area contributed by atoms with Gasteiger partial charge in [0, 0.05) is 18.0 Å². The van der Waals surface area contributed by atoms with Crippen molar-refractivity contribution in [2.45, 2.75) is 65.8 Å². The number of amides is 1. The van der Waals surface area contributed by atoms with Gasteiger partial charge in [-0.15, -0.1) is 0 Å². The zero-order chi connectivity index (χ0) is 28.1. The van der Waals surface area contributed by atoms with E-state index in [0.717, 1.165) is 16.8 Å². The van der Waals surface area contributed by atoms with Gasteiger partial charge in [0.05, 0.1) is 36.0 Å². The molecule has 204 valence electrons. The molecule has 0 saturated carbocycles. The molecule has 0 bridgehead atoms. The zero-order valence-electron chi connectivity index (χ0n) is 23.2. The maximum atomic E-state index is 13.3. The lowest BCUT2D eigenvalue weighted by molar-refractivity contribution is -0.193. The molecule has 0 aliphatic rings. The lowest BCUT2D eigenvalue weighted by Gasteiger charge is -2.25. The van der Waals surface area contributed by atoms with Gasteiger partial charge in [-0.1, -0.05) is 38.8 Å². The third-order valence-electron chi connectivity index (χ3n) is 5.59. The average molecular weight is 532 g/mol. The molecule has 37 heavy (non-hydrogen) atoms. The minimum atomic E-state index is -1.35. The highest BCUT2D eigenvalue weighted by atomic mass is 32.2. The summed E-state index contributed by atoms with van der Waals surface area (Å²) in [6, 6.07) is 9.20. The number of methoxy groups -OCH3 is 1. The Labute approximate surface area is 224 Å². The normalized spacial score (nSPS) is 13.2. The van der Waals surface area contributed by atoms with E-state index in [2.05, 4.69) is 30.8 Å².